The number of H-pyrrole nitrogens is 1. The summed E-state index contributed by atoms with van der Waals surface area (Å²) in [6.07, 6.45) is -1.46. The summed E-state index contributed by atoms with van der Waals surface area (Å²) in [5.41, 5.74) is 9.08. The molecule has 1 fully saturated rings. The molecular formula is C21H21F3N4O2. The van der Waals surface area contributed by atoms with Gasteiger partial charge in [0.25, 0.3) is 5.91 Å². The number of nitrogens with two attached hydrogens (primary N) is 1. The molecule has 1 aliphatic heterocycles. The van der Waals surface area contributed by atoms with Crippen molar-refractivity contribution in [1.29, 1.82) is 0 Å². The van der Waals surface area contributed by atoms with Gasteiger partial charge in [-0.05, 0) is 55.5 Å². The smallest absolute Gasteiger partial charge is 0.406 e. The van der Waals surface area contributed by atoms with Crippen LogP contribution in [0.3, 0.4) is 0 Å². The van der Waals surface area contributed by atoms with E-state index >= 15 is 0 Å². The molecule has 1 amide bonds. The number of rotatable bonds is 3. The third kappa shape index (κ3) is 4.05. The van der Waals surface area contributed by atoms with Gasteiger partial charge in [0.1, 0.15) is 11.4 Å². The Hall–Kier alpha value is -3.23. The number of nitrogens with one attached hydrogen (secondary N) is 1. The SMILES string of the molecule is Cc1cc2c(C3CCN(C(=O)c4ccc(OC(F)(F)F)cc4N)CC3)ccnc2[nH]1. The van der Waals surface area contributed by atoms with Crippen molar-refractivity contribution >= 4 is 22.6 Å². The normalized spacial score (nSPS) is 15.5. The lowest BCUT2D eigenvalue weighted by molar-refractivity contribution is -0.274. The van der Waals surface area contributed by atoms with Crippen LogP contribution in [0.5, 0.6) is 5.75 Å². The van der Waals surface area contributed by atoms with Crippen molar-refractivity contribution in [2.45, 2.75) is 32.0 Å². The van der Waals surface area contributed by atoms with Gasteiger partial charge in [0, 0.05) is 42.1 Å². The maximum Gasteiger partial charge on any atom is 0.573 e. The molecule has 2 aromatic heterocycles. The van der Waals surface area contributed by atoms with Crippen LogP contribution in [0.15, 0.2) is 36.5 Å². The van der Waals surface area contributed by atoms with Crippen LogP contribution in [0.25, 0.3) is 11.0 Å². The lowest BCUT2D eigenvalue weighted by Gasteiger charge is -2.32. The number of likely N-dealkylation sites (tertiary alicyclic amines) is 1. The number of benzene rings is 1. The number of hydrogen-bond donors (Lipinski definition) is 2. The standard InChI is InChI=1S/C21H21F3N4O2/c1-12-10-17-15(4-7-26-19(17)27-12)13-5-8-28(9-6-13)20(29)16-3-2-14(11-18(16)25)30-21(22,23)24/h2-4,7,10-11,13H,5-6,8-9,25H2,1H3,(H,26,27). The number of ether oxygens (including phenoxy) is 1. The van der Waals surface area contributed by atoms with Crippen LogP contribution in [0.4, 0.5) is 18.9 Å². The predicted octanol–water partition coefficient (Wildman–Crippen LogP) is 4.37. The van der Waals surface area contributed by atoms with Crippen LogP contribution in [0.2, 0.25) is 0 Å². The molecular weight excluding hydrogens is 397 g/mol. The van der Waals surface area contributed by atoms with E-state index in [4.69, 9.17) is 5.73 Å². The van der Waals surface area contributed by atoms with E-state index in [1.807, 2.05) is 13.0 Å². The summed E-state index contributed by atoms with van der Waals surface area (Å²) in [4.78, 5) is 22.1. The van der Waals surface area contributed by atoms with Crippen molar-refractivity contribution in [2.24, 2.45) is 0 Å². The predicted molar refractivity (Wildman–Crippen MR) is 106 cm³/mol. The van der Waals surface area contributed by atoms with Gasteiger partial charge < -0.3 is 20.4 Å². The van der Waals surface area contributed by atoms with Crippen molar-refractivity contribution < 1.29 is 22.7 Å². The molecule has 3 heterocycles. The molecule has 1 aliphatic rings. The average molecular weight is 418 g/mol. The van der Waals surface area contributed by atoms with Crippen molar-refractivity contribution in [3.8, 4) is 5.75 Å². The number of anilines is 1. The highest BCUT2D eigenvalue weighted by molar-refractivity contribution is 5.99. The Kier molecular flexibility index (Phi) is 5.05. The largest absolute Gasteiger partial charge is 0.573 e. The maximum atomic E-state index is 12.8. The summed E-state index contributed by atoms with van der Waals surface area (Å²) in [7, 11) is 0. The van der Waals surface area contributed by atoms with Crippen molar-refractivity contribution in [2.75, 3.05) is 18.8 Å². The second-order valence-corrected chi connectivity index (χ2v) is 7.48. The number of nitrogens with zero attached hydrogens (tertiary/aromatic N) is 2. The number of aromatic amines is 1. The van der Waals surface area contributed by atoms with Crippen LogP contribution < -0.4 is 10.5 Å². The zero-order chi connectivity index (χ0) is 21.5. The minimum Gasteiger partial charge on any atom is -0.406 e. The second-order valence-electron chi connectivity index (χ2n) is 7.48. The molecule has 9 heteroatoms. The molecule has 30 heavy (non-hydrogen) atoms. The molecule has 0 aliphatic carbocycles. The number of hydrogen-bond acceptors (Lipinski definition) is 4. The maximum absolute atomic E-state index is 12.8. The van der Waals surface area contributed by atoms with Gasteiger partial charge in [0.15, 0.2) is 0 Å². The quantitative estimate of drug-likeness (QED) is 0.619. The first-order chi connectivity index (χ1) is 14.2. The van der Waals surface area contributed by atoms with E-state index in [9.17, 15) is 18.0 Å². The Bertz CT molecular complexity index is 1090. The fourth-order valence-electron chi connectivity index (χ4n) is 4.03. The first kappa shape index (κ1) is 20.1. The molecule has 0 spiro atoms. The Balaban J connectivity index is 1.45. The summed E-state index contributed by atoms with van der Waals surface area (Å²) in [5, 5.41) is 1.10. The van der Waals surface area contributed by atoms with Gasteiger partial charge in [-0.3, -0.25) is 4.79 Å². The summed E-state index contributed by atoms with van der Waals surface area (Å²) in [6.45, 7) is 3.07. The lowest BCUT2D eigenvalue weighted by atomic mass is 9.88. The van der Waals surface area contributed by atoms with Crippen LogP contribution in [0, 0.1) is 6.92 Å². The fraction of sp³-hybridized carbons (Fsp3) is 0.333. The molecule has 0 bridgehead atoms. The molecule has 158 valence electrons. The molecule has 0 radical (unpaired) electrons. The van der Waals surface area contributed by atoms with Crippen LogP contribution >= 0.6 is 0 Å². The highest BCUT2D eigenvalue weighted by atomic mass is 19.4. The molecule has 3 N–H and O–H groups in total. The van der Waals surface area contributed by atoms with E-state index in [1.165, 1.54) is 11.6 Å². The van der Waals surface area contributed by atoms with Crippen molar-refractivity contribution in [3.05, 3.63) is 53.3 Å². The van der Waals surface area contributed by atoms with Gasteiger partial charge in [-0.25, -0.2) is 4.98 Å². The minimum atomic E-state index is -4.81. The van der Waals surface area contributed by atoms with Gasteiger partial charge in [-0.2, -0.15) is 0 Å². The van der Waals surface area contributed by atoms with Gasteiger partial charge >= 0.3 is 6.36 Å². The highest BCUT2D eigenvalue weighted by Gasteiger charge is 2.32. The molecule has 0 unspecified atom stereocenters. The van der Waals surface area contributed by atoms with E-state index in [1.54, 1.807) is 11.1 Å². The van der Waals surface area contributed by atoms with Gasteiger partial charge in [-0.1, -0.05) is 0 Å². The van der Waals surface area contributed by atoms with Crippen molar-refractivity contribution in [3.63, 3.8) is 0 Å². The molecule has 4 rings (SSSR count). The molecule has 6 nitrogen and oxygen atoms in total. The van der Waals surface area contributed by atoms with Gasteiger partial charge in [-0.15, -0.1) is 13.2 Å². The lowest BCUT2D eigenvalue weighted by Crippen LogP contribution is -2.38. The number of carbonyl (C=O) groups is 1. The summed E-state index contributed by atoms with van der Waals surface area (Å²) in [6, 6.07) is 7.51. The Morgan fingerprint density at radius 3 is 2.63 bits per heavy atom. The van der Waals surface area contributed by atoms with E-state index in [0.29, 0.717) is 19.0 Å². The Labute approximate surface area is 170 Å². The summed E-state index contributed by atoms with van der Waals surface area (Å²) >= 11 is 0. The third-order valence-electron chi connectivity index (χ3n) is 5.41. The number of aryl methyl sites for hydroxylation is 1. The second kappa shape index (κ2) is 7.55. The number of pyridine rings is 1. The zero-order valence-corrected chi connectivity index (χ0v) is 16.3. The Morgan fingerprint density at radius 2 is 1.97 bits per heavy atom. The molecule has 0 saturated carbocycles. The third-order valence-corrected chi connectivity index (χ3v) is 5.41. The number of amides is 1. The fourth-order valence-corrected chi connectivity index (χ4v) is 4.03. The van der Waals surface area contributed by atoms with E-state index in [2.05, 4.69) is 20.8 Å². The molecule has 3 aromatic rings. The van der Waals surface area contributed by atoms with Crippen LogP contribution in [0.1, 0.15) is 40.4 Å². The molecule has 0 atom stereocenters. The van der Waals surface area contributed by atoms with E-state index in [0.717, 1.165) is 41.7 Å². The highest BCUT2D eigenvalue weighted by Crippen LogP contribution is 2.34. The van der Waals surface area contributed by atoms with E-state index < -0.39 is 12.1 Å². The monoisotopic (exact) mass is 418 g/mol. The first-order valence-corrected chi connectivity index (χ1v) is 9.60. The van der Waals surface area contributed by atoms with Crippen LogP contribution in [-0.2, 0) is 0 Å². The number of halogens is 3. The van der Waals surface area contributed by atoms with Gasteiger partial charge in [0.2, 0.25) is 0 Å². The van der Waals surface area contributed by atoms with Gasteiger partial charge in [0.05, 0.1) is 5.56 Å². The number of aromatic nitrogens is 2. The Morgan fingerprint density at radius 1 is 1.23 bits per heavy atom. The number of fused-ring (bicyclic) bond motifs is 1. The van der Waals surface area contributed by atoms with E-state index in [-0.39, 0.29) is 17.2 Å². The number of alkyl halides is 3. The van der Waals surface area contributed by atoms with Crippen molar-refractivity contribution in [1.82, 2.24) is 14.9 Å². The zero-order valence-electron chi connectivity index (χ0n) is 16.3. The van der Waals surface area contributed by atoms with Crippen LogP contribution in [-0.4, -0.2) is 40.2 Å². The summed E-state index contributed by atoms with van der Waals surface area (Å²) in [5.74, 6) is -0.435. The first-order valence-electron chi connectivity index (χ1n) is 9.60. The number of piperidine rings is 1. The number of nitrogen functional groups attached to an aromatic ring is 1. The number of carbonyl (C=O) groups excluding carboxylic acids is 1. The topological polar surface area (TPSA) is 84.2 Å². The average Bonchev–Trinajstić information content (AvgIpc) is 3.06. The molecule has 1 saturated heterocycles. The minimum absolute atomic E-state index is 0.0393. The molecule has 1 aromatic carbocycles. The summed E-state index contributed by atoms with van der Waals surface area (Å²) < 4.78 is 40.9.